The molecule has 0 aromatic heterocycles. The summed E-state index contributed by atoms with van der Waals surface area (Å²) >= 11 is 5.29. The monoisotopic (exact) mass is 382 g/mol. The number of imide groups is 1. The average molecular weight is 382 g/mol. The summed E-state index contributed by atoms with van der Waals surface area (Å²) in [5.74, 6) is -0.382. The second-order valence-electron chi connectivity index (χ2n) is 6.32. The molecule has 6 nitrogen and oxygen atoms in total. The number of benzene rings is 2. The second kappa shape index (κ2) is 7.75. The van der Waals surface area contributed by atoms with Crippen LogP contribution in [-0.2, 0) is 16.8 Å². The van der Waals surface area contributed by atoms with Crippen molar-refractivity contribution in [2.24, 2.45) is 0 Å². The zero-order valence-corrected chi connectivity index (χ0v) is 16.1. The van der Waals surface area contributed by atoms with E-state index in [1.807, 2.05) is 61.5 Å². The fraction of sp³-hybridized carbons (Fsp3) is 0.250. The first-order valence-electron chi connectivity index (χ1n) is 8.89. The van der Waals surface area contributed by atoms with Crippen molar-refractivity contribution in [3.05, 3.63) is 65.7 Å². The Balaban J connectivity index is 1.76. The lowest BCUT2D eigenvalue weighted by atomic mass is 9.87. The minimum absolute atomic E-state index is 0.173. The fourth-order valence-electron chi connectivity index (χ4n) is 3.17. The predicted octanol–water partition coefficient (Wildman–Crippen LogP) is 3.31. The Bertz CT molecular complexity index is 871. The van der Waals surface area contributed by atoms with Crippen LogP contribution in [0.2, 0.25) is 0 Å². The van der Waals surface area contributed by atoms with Crippen molar-refractivity contribution >= 4 is 35.0 Å². The molecule has 0 bridgehead atoms. The molecular formula is C20H22N4O2S. The first kappa shape index (κ1) is 18.8. The number of hydrazine groups is 1. The lowest BCUT2D eigenvalue weighted by Crippen LogP contribution is -2.49. The minimum Gasteiger partial charge on any atom is -0.331 e. The zero-order valence-electron chi connectivity index (χ0n) is 15.3. The van der Waals surface area contributed by atoms with Crippen LogP contribution in [0.15, 0.2) is 54.6 Å². The van der Waals surface area contributed by atoms with Crippen LogP contribution in [0.5, 0.6) is 0 Å². The molecule has 27 heavy (non-hydrogen) atoms. The Morgan fingerprint density at radius 1 is 1.11 bits per heavy atom. The van der Waals surface area contributed by atoms with Crippen LogP contribution in [0, 0.1) is 0 Å². The molecule has 0 radical (unpaired) electrons. The van der Waals surface area contributed by atoms with E-state index in [2.05, 4.69) is 23.0 Å². The molecule has 3 rings (SSSR count). The molecule has 1 heterocycles. The number of aryl methyl sites for hydroxylation is 1. The normalized spacial score (nSPS) is 19.0. The van der Waals surface area contributed by atoms with Gasteiger partial charge in [0.25, 0.3) is 5.91 Å². The molecular weight excluding hydrogens is 360 g/mol. The molecule has 1 atom stereocenters. The number of nitrogens with zero attached hydrogens (tertiary/aromatic N) is 1. The Hall–Kier alpha value is -2.93. The van der Waals surface area contributed by atoms with Gasteiger partial charge < -0.3 is 10.6 Å². The maximum absolute atomic E-state index is 13.1. The van der Waals surface area contributed by atoms with Gasteiger partial charge in [0.05, 0.1) is 0 Å². The van der Waals surface area contributed by atoms with E-state index in [0.717, 1.165) is 28.2 Å². The Morgan fingerprint density at radius 3 is 2.52 bits per heavy atom. The Labute approximate surface area is 163 Å². The maximum Gasteiger partial charge on any atom is 0.344 e. The predicted molar refractivity (Wildman–Crippen MR) is 109 cm³/mol. The van der Waals surface area contributed by atoms with Gasteiger partial charge in [-0.3, -0.25) is 10.2 Å². The molecule has 7 heteroatoms. The number of hydrogen-bond acceptors (Lipinski definition) is 3. The molecule has 1 fully saturated rings. The second-order valence-corrected chi connectivity index (χ2v) is 6.72. The summed E-state index contributed by atoms with van der Waals surface area (Å²) in [6.07, 6.45) is 1.33. The summed E-state index contributed by atoms with van der Waals surface area (Å²) < 4.78 is 0. The summed E-state index contributed by atoms with van der Waals surface area (Å²) in [6, 6.07) is 16.5. The highest BCUT2D eigenvalue weighted by Crippen LogP contribution is 2.31. The summed E-state index contributed by atoms with van der Waals surface area (Å²) in [7, 11) is 0. The van der Waals surface area contributed by atoms with E-state index >= 15 is 0 Å². The number of nitrogens with one attached hydrogen (secondary N) is 3. The van der Waals surface area contributed by atoms with Crippen molar-refractivity contribution in [1.82, 2.24) is 15.8 Å². The number of rotatable bonds is 5. The maximum atomic E-state index is 13.1. The fourth-order valence-corrected chi connectivity index (χ4v) is 3.38. The molecule has 0 unspecified atom stereocenters. The van der Waals surface area contributed by atoms with Crippen LogP contribution >= 0.6 is 12.2 Å². The summed E-state index contributed by atoms with van der Waals surface area (Å²) in [5, 5.41) is 6.94. The van der Waals surface area contributed by atoms with Crippen LogP contribution in [-0.4, -0.2) is 22.1 Å². The summed E-state index contributed by atoms with van der Waals surface area (Å²) in [4.78, 5) is 25.5. The summed E-state index contributed by atoms with van der Waals surface area (Å²) in [5.41, 5.74) is 4.32. The number of thiocarbonyl (C=S) groups is 1. The van der Waals surface area contributed by atoms with Crippen LogP contribution in [0.3, 0.4) is 0 Å². The Kier molecular flexibility index (Phi) is 5.41. The number of hydrogen-bond donors (Lipinski definition) is 3. The molecule has 0 spiro atoms. The third kappa shape index (κ3) is 3.64. The van der Waals surface area contributed by atoms with Crippen molar-refractivity contribution in [3.8, 4) is 0 Å². The lowest BCUT2D eigenvalue weighted by Gasteiger charge is -2.25. The molecule has 3 amide bonds. The molecule has 1 aliphatic rings. The number of amides is 3. The molecule has 1 saturated heterocycles. The number of urea groups is 1. The van der Waals surface area contributed by atoms with Gasteiger partial charge in [-0.2, -0.15) is 5.01 Å². The van der Waals surface area contributed by atoms with Gasteiger partial charge in [-0.25, -0.2) is 4.79 Å². The molecule has 2 aromatic rings. The molecule has 0 aliphatic carbocycles. The average Bonchev–Trinajstić information content (AvgIpc) is 2.94. The van der Waals surface area contributed by atoms with Crippen LogP contribution in [0.25, 0.3) is 0 Å². The quantitative estimate of drug-likeness (QED) is 0.547. The van der Waals surface area contributed by atoms with Gasteiger partial charge >= 0.3 is 6.03 Å². The standard InChI is InChI=1S/C20H22N4O2S/c1-3-14-9-8-12-16(13-14)21-18(27)23-24-17(25)20(4-2,22-19(24)26)15-10-6-5-7-11-15/h5-13H,3-4H2,1-2H3,(H,22,26)(H2,21,23,27)/t20-/m0/s1. The number of anilines is 1. The molecule has 3 N–H and O–H groups in total. The van der Waals surface area contributed by atoms with Crippen molar-refractivity contribution in [2.45, 2.75) is 32.2 Å². The molecule has 140 valence electrons. The van der Waals surface area contributed by atoms with Crippen molar-refractivity contribution < 1.29 is 9.59 Å². The van der Waals surface area contributed by atoms with E-state index in [-0.39, 0.29) is 11.0 Å². The number of carbonyl (C=O) groups excluding carboxylic acids is 2. The van der Waals surface area contributed by atoms with Gasteiger partial charge in [-0.1, -0.05) is 56.3 Å². The third-order valence-electron chi connectivity index (χ3n) is 4.69. The number of carbonyl (C=O) groups is 2. The highest BCUT2D eigenvalue weighted by molar-refractivity contribution is 7.80. The SMILES string of the molecule is CCc1cccc(NC(=S)NN2C(=O)N[C@@](CC)(c3ccccc3)C2=O)c1. The minimum atomic E-state index is -1.09. The molecule has 0 saturated carbocycles. The third-order valence-corrected chi connectivity index (χ3v) is 4.89. The van der Waals surface area contributed by atoms with E-state index in [0.29, 0.717) is 6.42 Å². The van der Waals surface area contributed by atoms with Gasteiger partial charge in [-0.05, 0) is 48.3 Å². The highest BCUT2D eigenvalue weighted by Gasteiger charge is 2.51. The smallest absolute Gasteiger partial charge is 0.331 e. The topological polar surface area (TPSA) is 73.5 Å². The van der Waals surface area contributed by atoms with Crippen LogP contribution < -0.4 is 16.1 Å². The van der Waals surface area contributed by atoms with Gasteiger partial charge in [-0.15, -0.1) is 0 Å². The molecule has 1 aliphatic heterocycles. The van der Waals surface area contributed by atoms with Gasteiger partial charge in [0.15, 0.2) is 5.11 Å². The summed E-state index contributed by atoms with van der Waals surface area (Å²) in [6.45, 7) is 3.93. The zero-order chi connectivity index (χ0) is 19.4. The van der Waals surface area contributed by atoms with Crippen LogP contribution in [0.4, 0.5) is 10.5 Å². The van der Waals surface area contributed by atoms with E-state index in [1.165, 1.54) is 0 Å². The van der Waals surface area contributed by atoms with Crippen molar-refractivity contribution in [3.63, 3.8) is 0 Å². The highest BCUT2D eigenvalue weighted by atomic mass is 32.1. The van der Waals surface area contributed by atoms with Gasteiger partial charge in [0, 0.05) is 5.69 Å². The first-order valence-corrected chi connectivity index (χ1v) is 9.29. The first-order chi connectivity index (χ1) is 13.0. The molecule has 2 aromatic carbocycles. The van der Waals surface area contributed by atoms with E-state index in [4.69, 9.17) is 12.2 Å². The Morgan fingerprint density at radius 2 is 1.85 bits per heavy atom. The van der Waals surface area contributed by atoms with Crippen molar-refractivity contribution in [2.75, 3.05) is 5.32 Å². The van der Waals surface area contributed by atoms with E-state index in [9.17, 15) is 9.59 Å². The largest absolute Gasteiger partial charge is 0.344 e. The van der Waals surface area contributed by atoms with E-state index < -0.39 is 11.6 Å². The van der Waals surface area contributed by atoms with Crippen LogP contribution in [0.1, 0.15) is 31.4 Å². The van der Waals surface area contributed by atoms with Gasteiger partial charge in [0.1, 0.15) is 5.54 Å². The van der Waals surface area contributed by atoms with Crippen molar-refractivity contribution in [1.29, 1.82) is 0 Å². The van der Waals surface area contributed by atoms with Gasteiger partial charge in [0.2, 0.25) is 0 Å². The lowest BCUT2D eigenvalue weighted by molar-refractivity contribution is -0.133. The van der Waals surface area contributed by atoms with E-state index in [1.54, 1.807) is 0 Å².